The molecule has 0 saturated carbocycles. The van der Waals surface area contributed by atoms with Gasteiger partial charge in [0.05, 0.1) is 37.2 Å². The van der Waals surface area contributed by atoms with E-state index in [1.807, 2.05) is 0 Å². The number of non-ortho nitro benzene ring substituents is 1. The Labute approximate surface area is 249 Å². The second-order valence-electron chi connectivity index (χ2n) is 9.90. The number of nitro benzene ring substituents is 1. The van der Waals surface area contributed by atoms with Gasteiger partial charge in [-0.05, 0) is 30.2 Å². The predicted octanol–water partition coefficient (Wildman–Crippen LogP) is 3.44. The third-order valence-electron chi connectivity index (χ3n) is 6.81. The van der Waals surface area contributed by atoms with Crippen LogP contribution in [0.5, 0.6) is 5.75 Å². The van der Waals surface area contributed by atoms with Crippen LogP contribution in [0.2, 0.25) is 0 Å². The molecule has 2 aromatic rings. The average Bonchev–Trinajstić information content (AvgIpc) is 3.82. The van der Waals surface area contributed by atoms with Crippen molar-refractivity contribution in [3.8, 4) is 5.75 Å². The van der Waals surface area contributed by atoms with Crippen LogP contribution in [0.15, 0.2) is 64.8 Å². The molecule has 3 atom stereocenters. The first-order valence-electron chi connectivity index (χ1n) is 13.3. The lowest BCUT2D eigenvalue weighted by Crippen LogP contribution is -2.44. The number of nitrogens with zero attached hydrogens (tertiary/aromatic N) is 2. The van der Waals surface area contributed by atoms with Gasteiger partial charge in [-0.1, -0.05) is 24.3 Å². The number of carbonyl (C=O) groups is 3. The van der Waals surface area contributed by atoms with Gasteiger partial charge >= 0.3 is 18.1 Å². The van der Waals surface area contributed by atoms with E-state index in [1.165, 1.54) is 12.1 Å². The lowest BCUT2D eigenvalue weighted by Gasteiger charge is -2.32. The van der Waals surface area contributed by atoms with E-state index in [-0.39, 0.29) is 42.8 Å². The summed E-state index contributed by atoms with van der Waals surface area (Å²) >= 11 is 0. The first kappa shape index (κ1) is 32.1. The molecule has 15 heteroatoms. The molecule has 2 aliphatic rings. The van der Waals surface area contributed by atoms with E-state index in [4.69, 9.17) is 14.2 Å². The zero-order valence-corrected chi connectivity index (χ0v) is 23.6. The highest BCUT2D eigenvalue weighted by Gasteiger charge is 2.52. The van der Waals surface area contributed by atoms with Crippen LogP contribution in [0.4, 0.5) is 18.9 Å². The molecule has 0 spiro atoms. The summed E-state index contributed by atoms with van der Waals surface area (Å²) in [7, 11) is 0.874. The molecular formula is C29H28F3N3O9. The average molecular weight is 620 g/mol. The number of amides is 1. The van der Waals surface area contributed by atoms with Gasteiger partial charge in [-0.25, -0.2) is 4.79 Å². The maximum atomic E-state index is 14.0. The number of esters is 2. The SMILES string of the molecule is COC(=O)C1C(C(F)(F)F)=NC(C)=C(C(=O)OCCNC(=O)Cc2ccc(OCC3CO3)cc2)C1c1cccc([N+](=O)[O-])c1. The smallest absolute Gasteiger partial charge is 0.430 e. The van der Waals surface area contributed by atoms with Crippen molar-refractivity contribution in [1.29, 1.82) is 0 Å². The van der Waals surface area contributed by atoms with E-state index in [1.54, 1.807) is 24.3 Å². The monoisotopic (exact) mass is 619 g/mol. The number of hydrogen-bond donors (Lipinski definition) is 1. The molecule has 234 valence electrons. The number of aliphatic imine (C=N–C) groups is 1. The van der Waals surface area contributed by atoms with Crippen LogP contribution in [0, 0.1) is 16.0 Å². The summed E-state index contributed by atoms with van der Waals surface area (Å²) in [5, 5.41) is 14.0. The second-order valence-corrected chi connectivity index (χ2v) is 9.90. The third kappa shape index (κ3) is 7.98. The molecule has 4 rings (SSSR count). The molecule has 1 N–H and O–H groups in total. The van der Waals surface area contributed by atoms with E-state index in [9.17, 15) is 37.7 Å². The zero-order chi connectivity index (χ0) is 32.0. The summed E-state index contributed by atoms with van der Waals surface area (Å²) in [6.07, 6.45) is -4.95. The van der Waals surface area contributed by atoms with Crippen molar-refractivity contribution >= 4 is 29.2 Å². The minimum absolute atomic E-state index is 0.0226. The summed E-state index contributed by atoms with van der Waals surface area (Å²) < 4.78 is 62.6. The molecule has 0 aromatic heterocycles. The molecule has 2 heterocycles. The number of halogens is 3. The Morgan fingerprint density at radius 2 is 1.86 bits per heavy atom. The first-order valence-corrected chi connectivity index (χ1v) is 13.3. The fourth-order valence-electron chi connectivity index (χ4n) is 4.66. The highest BCUT2D eigenvalue weighted by molar-refractivity contribution is 6.10. The van der Waals surface area contributed by atoms with Gasteiger partial charge in [-0.2, -0.15) is 13.2 Å². The first-order chi connectivity index (χ1) is 20.9. The van der Waals surface area contributed by atoms with Gasteiger partial charge in [0.15, 0.2) is 0 Å². The molecular weight excluding hydrogens is 591 g/mol. The third-order valence-corrected chi connectivity index (χ3v) is 6.81. The Balaban J connectivity index is 1.45. The summed E-state index contributed by atoms with van der Waals surface area (Å²) in [5.41, 5.74) is -2.20. The maximum absolute atomic E-state index is 14.0. The Hall–Kier alpha value is -4.79. The number of nitro groups is 1. The molecule has 12 nitrogen and oxygen atoms in total. The van der Waals surface area contributed by atoms with Crippen LogP contribution in [0.1, 0.15) is 24.0 Å². The summed E-state index contributed by atoms with van der Waals surface area (Å²) in [4.78, 5) is 52.5. The molecule has 44 heavy (non-hydrogen) atoms. The standard InChI is InChI=1S/C29H28F3N3O9/c1-16-23(28(38)42-11-10-33-22(36)12-17-6-8-20(9-7-17)43-14-21-15-44-21)24(18-4-3-5-19(13-18)35(39)40)25(27(37)41-2)26(34-16)29(30,31)32/h3-9,13,21,24-25H,10-12,14-15H2,1-2H3,(H,33,36). The Morgan fingerprint density at radius 3 is 2.48 bits per heavy atom. The van der Waals surface area contributed by atoms with Crippen LogP contribution in [-0.4, -0.2) is 74.2 Å². The van der Waals surface area contributed by atoms with Crippen LogP contribution in [0.3, 0.4) is 0 Å². The lowest BCUT2D eigenvalue weighted by molar-refractivity contribution is -0.384. The van der Waals surface area contributed by atoms with Crippen molar-refractivity contribution in [2.24, 2.45) is 10.9 Å². The number of benzene rings is 2. The zero-order valence-electron chi connectivity index (χ0n) is 23.6. The summed E-state index contributed by atoms with van der Waals surface area (Å²) in [5.74, 6) is -6.02. The number of rotatable bonds is 12. The quantitative estimate of drug-likeness (QED) is 0.123. The number of epoxide rings is 1. The van der Waals surface area contributed by atoms with Gasteiger partial charge in [0.25, 0.3) is 5.69 Å². The maximum Gasteiger partial charge on any atom is 0.430 e. The predicted molar refractivity (Wildman–Crippen MR) is 147 cm³/mol. The molecule has 1 saturated heterocycles. The number of allylic oxidation sites excluding steroid dienone is 1. The van der Waals surface area contributed by atoms with E-state index in [2.05, 4.69) is 15.0 Å². The fourth-order valence-corrected chi connectivity index (χ4v) is 4.66. The van der Waals surface area contributed by atoms with Crippen molar-refractivity contribution < 1.29 is 51.4 Å². The summed E-state index contributed by atoms with van der Waals surface area (Å²) in [6, 6.07) is 11.5. The van der Waals surface area contributed by atoms with Crippen molar-refractivity contribution in [2.45, 2.75) is 31.5 Å². The minimum atomic E-state index is -5.09. The van der Waals surface area contributed by atoms with Gasteiger partial charge in [-0.15, -0.1) is 0 Å². The fraction of sp³-hybridized carbons (Fsp3) is 0.379. The van der Waals surface area contributed by atoms with Gasteiger partial charge in [0, 0.05) is 23.7 Å². The van der Waals surface area contributed by atoms with Crippen LogP contribution >= 0.6 is 0 Å². The largest absolute Gasteiger partial charge is 0.491 e. The minimum Gasteiger partial charge on any atom is -0.491 e. The van der Waals surface area contributed by atoms with Crippen molar-refractivity contribution in [3.05, 3.63) is 81.0 Å². The molecule has 3 unspecified atom stereocenters. The van der Waals surface area contributed by atoms with Gasteiger partial charge in [-0.3, -0.25) is 24.7 Å². The number of nitrogens with one attached hydrogen (secondary N) is 1. The van der Waals surface area contributed by atoms with Crippen LogP contribution in [-0.2, 0) is 35.0 Å². The number of hydrogen-bond acceptors (Lipinski definition) is 10. The van der Waals surface area contributed by atoms with E-state index in [0.29, 0.717) is 24.5 Å². The highest BCUT2D eigenvalue weighted by Crippen LogP contribution is 2.44. The Bertz CT molecular complexity index is 1480. The van der Waals surface area contributed by atoms with Crippen molar-refractivity contribution in [3.63, 3.8) is 0 Å². The van der Waals surface area contributed by atoms with E-state index >= 15 is 0 Å². The van der Waals surface area contributed by atoms with E-state index < -0.39 is 51.8 Å². The number of carbonyl (C=O) groups excluding carboxylic acids is 3. The van der Waals surface area contributed by atoms with Crippen LogP contribution in [0.25, 0.3) is 0 Å². The van der Waals surface area contributed by atoms with Gasteiger partial charge in [0.2, 0.25) is 5.91 Å². The molecule has 0 bridgehead atoms. The van der Waals surface area contributed by atoms with Crippen molar-refractivity contribution in [1.82, 2.24) is 5.32 Å². The van der Waals surface area contributed by atoms with Crippen LogP contribution < -0.4 is 10.1 Å². The Kier molecular flexibility index (Phi) is 9.98. The molecule has 0 radical (unpaired) electrons. The number of ether oxygens (including phenoxy) is 4. The Morgan fingerprint density at radius 1 is 1.16 bits per heavy atom. The second kappa shape index (κ2) is 13.7. The normalized spacial score (nSPS) is 19.5. The highest BCUT2D eigenvalue weighted by atomic mass is 19.4. The molecule has 1 amide bonds. The summed E-state index contributed by atoms with van der Waals surface area (Å²) in [6.45, 7) is 1.76. The number of alkyl halides is 3. The molecule has 2 aromatic carbocycles. The van der Waals surface area contributed by atoms with Gasteiger partial charge < -0.3 is 24.3 Å². The topological polar surface area (TPSA) is 159 Å². The van der Waals surface area contributed by atoms with Crippen molar-refractivity contribution in [2.75, 3.05) is 33.5 Å². The van der Waals surface area contributed by atoms with E-state index in [0.717, 1.165) is 26.2 Å². The number of methoxy groups -OCH3 is 1. The molecule has 0 aliphatic carbocycles. The molecule has 1 fully saturated rings. The lowest BCUT2D eigenvalue weighted by atomic mass is 9.75. The molecule has 2 aliphatic heterocycles. The van der Waals surface area contributed by atoms with Gasteiger partial charge in [0.1, 0.15) is 36.7 Å².